The van der Waals surface area contributed by atoms with Gasteiger partial charge in [0, 0.05) is 0 Å². The van der Waals surface area contributed by atoms with Gasteiger partial charge in [-0.25, -0.2) is 0 Å². The molecular weight excluding hydrogens is 244 g/mol. The number of carboxylic acid groups (broad SMARTS) is 1. The first kappa shape index (κ1) is 15.2. The van der Waals surface area contributed by atoms with Crippen molar-refractivity contribution in [1.29, 1.82) is 0 Å². The first-order valence-corrected chi connectivity index (χ1v) is 6.21. The van der Waals surface area contributed by atoms with E-state index in [1.807, 2.05) is 19.9 Å². The van der Waals surface area contributed by atoms with Gasteiger partial charge in [0.2, 0.25) is 0 Å². The SMILES string of the molecule is COc1c(C)cc(C)cc1C(=O)C(C(=O)O)C(C)C. The van der Waals surface area contributed by atoms with Crippen LogP contribution in [0.25, 0.3) is 0 Å². The fourth-order valence-corrected chi connectivity index (χ4v) is 2.28. The molecule has 0 saturated carbocycles. The minimum Gasteiger partial charge on any atom is -0.496 e. The molecule has 0 aliphatic rings. The van der Waals surface area contributed by atoms with Crippen LogP contribution in [0, 0.1) is 25.7 Å². The lowest BCUT2D eigenvalue weighted by molar-refractivity contribution is -0.141. The summed E-state index contributed by atoms with van der Waals surface area (Å²) in [4.78, 5) is 23.7. The van der Waals surface area contributed by atoms with Crippen LogP contribution in [0.3, 0.4) is 0 Å². The quantitative estimate of drug-likeness (QED) is 0.656. The number of benzene rings is 1. The number of carbonyl (C=O) groups excluding carboxylic acids is 1. The second-order valence-corrected chi connectivity index (χ2v) is 5.09. The van der Waals surface area contributed by atoms with E-state index in [0.717, 1.165) is 11.1 Å². The van der Waals surface area contributed by atoms with E-state index in [4.69, 9.17) is 4.74 Å². The zero-order valence-electron chi connectivity index (χ0n) is 12.0. The van der Waals surface area contributed by atoms with Crippen LogP contribution in [0.4, 0.5) is 0 Å². The Morgan fingerprint density at radius 2 is 1.79 bits per heavy atom. The molecule has 0 aliphatic heterocycles. The first-order valence-electron chi connectivity index (χ1n) is 6.21. The molecule has 4 heteroatoms. The summed E-state index contributed by atoms with van der Waals surface area (Å²) in [5, 5.41) is 9.22. The van der Waals surface area contributed by atoms with Crippen LogP contribution in [0.1, 0.15) is 35.3 Å². The van der Waals surface area contributed by atoms with Gasteiger partial charge in [0.25, 0.3) is 0 Å². The summed E-state index contributed by atoms with van der Waals surface area (Å²) >= 11 is 0. The van der Waals surface area contributed by atoms with Gasteiger partial charge in [-0.05, 0) is 37.0 Å². The van der Waals surface area contributed by atoms with Gasteiger partial charge in [-0.2, -0.15) is 0 Å². The van der Waals surface area contributed by atoms with Crippen LogP contribution >= 0.6 is 0 Å². The zero-order chi connectivity index (χ0) is 14.7. The number of carbonyl (C=O) groups is 2. The molecule has 104 valence electrons. The van der Waals surface area contributed by atoms with Crippen molar-refractivity contribution >= 4 is 11.8 Å². The van der Waals surface area contributed by atoms with Crippen molar-refractivity contribution in [3.63, 3.8) is 0 Å². The summed E-state index contributed by atoms with van der Waals surface area (Å²) in [6.45, 7) is 7.17. The Hall–Kier alpha value is -1.84. The summed E-state index contributed by atoms with van der Waals surface area (Å²) in [6.07, 6.45) is 0. The van der Waals surface area contributed by atoms with Crippen LogP contribution in [0.5, 0.6) is 5.75 Å². The molecule has 0 saturated heterocycles. The standard InChI is InChI=1S/C15H20O4/c1-8(2)12(15(17)18)13(16)11-7-9(3)6-10(4)14(11)19-5/h6-8,12H,1-5H3,(H,17,18). The van der Waals surface area contributed by atoms with Crippen molar-refractivity contribution < 1.29 is 19.4 Å². The van der Waals surface area contributed by atoms with Gasteiger partial charge in [-0.15, -0.1) is 0 Å². The van der Waals surface area contributed by atoms with E-state index in [-0.39, 0.29) is 5.92 Å². The normalized spacial score (nSPS) is 12.3. The molecule has 0 bridgehead atoms. The highest BCUT2D eigenvalue weighted by atomic mass is 16.5. The van der Waals surface area contributed by atoms with Crippen molar-refractivity contribution in [3.8, 4) is 5.75 Å². The Labute approximate surface area is 113 Å². The summed E-state index contributed by atoms with van der Waals surface area (Å²) in [5.41, 5.74) is 2.09. The van der Waals surface area contributed by atoms with E-state index in [0.29, 0.717) is 11.3 Å². The maximum absolute atomic E-state index is 12.5. The molecule has 0 aliphatic carbocycles. The lowest BCUT2D eigenvalue weighted by Gasteiger charge is -2.18. The molecule has 1 aromatic carbocycles. The highest BCUT2D eigenvalue weighted by Gasteiger charge is 2.32. The van der Waals surface area contributed by atoms with Gasteiger partial charge in [-0.3, -0.25) is 9.59 Å². The number of carboxylic acids is 1. The van der Waals surface area contributed by atoms with E-state index >= 15 is 0 Å². The van der Waals surface area contributed by atoms with Crippen molar-refractivity contribution in [2.24, 2.45) is 11.8 Å². The molecule has 0 fully saturated rings. The average molecular weight is 264 g/mol. The van der Waals surface area contributed by atoms with Gasteiger partial charge < -0.3 is 9.84 Å². The van der Waals surface area contributed by atoms with Gasteiger partial charge in [0.15, 0.2) is 5.78 Å². The second kappa shape index (κ2) is 5.87. The van der Waals surface area contributed by atoms with Crippen molar-refractivity contribution in [2.75, 3.05) is 7.11 Å². The van der Waals surface area contributed by atoms with Gasteiger partial charge in [-0.1, -0.05) is 19.9 Å². The van der Waals surface area contributed by atoms with Crippen molar-refractivity contribution in [1.82, 2.24) is 0 Å². The van der Waals surface area contributed by atoms with Crippen LogP contribution in [0.2, 0.25) is 0 Å². The van der Waals surface area contributed by atoms with E-state index in [9.17, 15) is 14.7 Å². The fraction of sp³-hybridized carbons (Fsp3) is 0.467. The summed E-state index contributed by atoms with van der Waals surface area (Å²) < 4.78 is 5.25. The smallest absolute Gasteiger partial charge is 0.314 e. The van der Waals surface area contributed by atoms with Gasteiger partial charge >= 0.3 is 5.97 Å². The average Bonchev–Trinajstić information content (AvgIpc) is 2.26. The monoisotopic (exact) mass is 264 g/mol. The molecule has 0 radical (unpaired) electrons. The van der Waals surface area contributed by atoms with E-state index in [2.05, 4.69) is 0 Å². The molecule has 0 aromatic heterocycles. The van der Waals surface area contributed by atoms with Crippen LogP contribution in [-0.4, -0.2) is 24.0 Å². The highest BCUT2D eigenvalue weighted by Crippen LogP contribution is 2.29. The number of ether oxygens (including phenoxy) is 1. The number of aliphatic carboxylic acids is 1. The number of rotatable bonds is 5. The molecule has 4 nitrogen and oxygen atoms in total. The highest BCUT2D eigenvalue weighted by molar-refractivity contribution is 6.10. The van der Waals surface area contributed by atoms with Crippen LogP contribution in [0.15, 0.2) is 12.1 Å². The molecule has 0 amide bonds. The molecule has 0 heterocycles. The third-order valence-electron chi connectivity index (χ3n) is 3.10. The van der Waals surface area contributed by atoms with Crippen molar-refractivity contribution in [2.45, 2.75) is 27.7 Å². The van der Waals surface area contributed by atoms with E-state index in [1.165, 1.54) is 7.11 Å². The minimum atomic E-state index is -1.10. The number of methoxy groups -OCH3 is 1. The topological polar surface area (TPSA) is 63.6 Å². The Morgan fingerprint density at radius 1 is 1.21 bits per heavy atom. The maximum Gasteiger partial charge on any atom is 0.314 e. The summed E-state index contributed by atoms with van der Waals surface area (Å²) in [7, 11) is 1.49. The third kappa shape index (κ3) is 3.13. The fourth-order valence-electron chi connectivity index (χ4n) is 2.28. The van der Waals surface area contributed by atoms with Gasteiger partial charge in [0.1, 0.15) is 11.7 Å². The number of hydrogen-bond acceptors (Lipinski definition) is 3. The molecule has 19 heavy (non-hydrogen) atoms. The molecule has 1 unspecified atom stereocenters. The molecule has 1 N–H and O–H groups in total. The lowest BCUT2D eigenvalue weighted by atomic mass is 9.86. The molecule has 1 rings (SSSR count). The third-order valence-corrected chi connectivity index (χ3v) is 3.10. The van der Waals surface area contributed by atoms with E-state index in [1.54, 1.807) is 19.9 Å². The number of Topliss-reactive ketones (excluding diaryl/α,β-unsaturated/α-hetero) is 1. The predicted octanol–water partition coefficient (Wildman–Crippen LogP) is 2.85. The Kier molecular flexibility index (Phi) is 4.70. The lowest BCUT2D eigenvalue weighted by Crippen LogP contribution is -2.29. The maximum atomic E-state index is 12.5. The second-order valence-electron chi connectivity index (χ2n) is 5.09. The Bertz CT molecular complexity index is 503. The first-order chi connectivity index (χ1) is 8.79. The summed E-state index contributed by atoms with van der Waals surface area (Å²) in [5.74, 6) is -2.35. The molecule has 0 spiro atoms. The van der Waals surface area contributed by atoms with Crippen LogP contribution < -0.4 is 4.74 Å². The molecule has 1 atom stereocenters. The van der Waals surface area contributed by atoms with E-state index < -0.39 is 17.7 Å². The summed E-state index contributed by atoms with van der Waals surface area (Å²) in [6, 6.07) is 3.59. The molecular formula is C15H20O4. The molecule has 1 aromatic rings. The largest absolute Gasteiger partial charge is 0.496 e. The zero-order valence-corrected chi connectivity index (χ0v) is 12.0. The Morgan fingerprint density at radius 3 is 2.21 bits per heavy atom. The van der Waals surface area contributed by atoms with Crippen LogP contribution in [-0.2, 0) is 4.79 Å². The minimum absolute atomic E-state index is 0.268. The van der Waals surface area contributed by atoms with Crippen molar-refractivity contribution in [3.05, 3.63) is 28.8 Å². The predicted molar refractivity (Wildman–Crippen MR) is 72.8 cm³/mol. The Balaban J connectivity index is 3.36. The number of aryl methyl sites for hydroxylation is 2. The number of ketones is 1. The van der Waals surface area contributed by atoms with Gasteiger partial charge in [0.05, 0.1) is 12.7 Å². The number of hydrogen-bond donors (Lipinski definition) is 1.